The molecule has 0 unspecified atom stereocenters. The summed E-state index contributed by atoms with van der Waals surface area (Å²) in [7, 11) is 1.28. The first-order valence-corrected chi connectivity index (χ1v) is 12.1. The molecule has 8 nitrogen and oxygen atoms in total. The van der Waals surface area contributed by atoms with Gasteiger partial charge in [0.05, 0.1) is 25.9 Å². The summed E-state index contributed by atoms with van der Waals surface area (Å²) >= 11 is 0. The van der Waals surface area contributed by atoms with Gasteiger partial charge in [-0.15, -0.1) is 0 Å². The Kier molecular flexibility index (Phi) is 9.09. The monoisotopic (exact) mass is 485 g/mol. The molecule has 1 aliphatic carbocycles. The first kappa shape index (κ1) is 26.5. The maximum Gasteiger partial charge on any atom is 0.336 e. The number of carbonyl (C=O) groups is 3. The van der Waals surface area contributed by atoms with E-state index in [0.717, 1.165) is 12.1 Å². The predicted molar refractivity (Wildman–Crippen MR) is 130 cm³/mol. The van der Waals surface area contributed by atoms with Crippen LogP contribution in [0.15, 0.2) is 46.8 Å². The van der Waals surface area contributed by atoms with Crippen molar-refractivity contribution >= 4 is 17.7 Å². The van der Waals surface area contributed by atoms with Crippen LogP contribution in [0.3, 0.4) is 0 Å². The fourth-order valence-corrected chi connectivity index (χ4v) is 4.75. The number of nitrogens with one attached hydrogen (secondary N) is 1. The van der Waals surface area contributed by atoms with Crippen molar-refractivity contribution in [2.75, 3.05) is 33.5 Å². The number of esters is 2. The van der Waals surface area contributed by atoms with Crippen LogP contribution in [-0.4, -0.2) is 51.3 Å². The zero-order chi connectivity index (χ0) is 25.5. The molecule has 1 heterocycles. The van der Waals surface area contributed by atoms with E-state index in [1.54, 1.807) is 6.92 Å². The van der Waals surface area contributed by atoms with Gasteiger partial charge in [0.2, 0.25) is 0 Å². The smallest absolute Gasteiger partial charge is 0.336 e. The van der Waals surface area contributed by atoms with E-state index in [1.807, 2.05) is 45.0 Å². The highest BCUT2D eigenvalue weighted by atomic mass is 16.6. The van der Waals surface area contributed by atoms with Gasteiger partial charge in [0.15, 0.2) is 5.78 Å². The largest absolute Gasteiger partial charge is 0.494 e. The summed E-state index contributed by atoms with van der Waals surface area (Å²) in [4.78, 5) is 39.6. The number of ether oxygens (including phenoxy) is 4. The van der Waals surface area contributed by atoms with Crippen LogP contribution in [0.4, 0.5) is 0 Å². The molecule has 3 rings (SSSR count). The first-order valence-electron chi connectivity index (χ1n) is 12.1. The molecule has 0 saturated heterocycles. The molecule has 1 aromatic rings. The topological polar surface area (TPSA) is 100 Å². The lowest BCUT2D eigenvalue weighted by Gasteiger charge is -2.38. The van der Waals surface area contributed by atoms with E-state index in [-0.39, 0.29) is 18.3 Å². The van der Waals surface area contributed by atoms with Crippen LogP contribution in [0.25, 0.3) is 0 Å². The standard InChI is InChI=1S/C27H35NO7/c1-6-11-33-12-13-35-27(31)22-17(4)28-20-14-16(3)21(26(30)32-5)25(29)24(20)23(22)18-9-8-10-19(15-18)34-7-2/h8-10,15-16,21,23,28H,6-7,11-14H2,1-5H3/t16-,21+,23+/m1/s1. The van der Waals surface area contributed by atoms with E-state index in [4.69, 9.17) is 18.9 Å². The van der Waals surface area contributed by atoms with E-state index < -0.39 is 23.8 Å². The predicted octanol–water partition coefficient (Wildman–Crippen LogP) is 3.67. The fraction of sp³-hybridized carbons (Fsp3) is 0.519. The first-order chi connectivity index (χ1) is 16.8. The molecule has 3 atom stereocenters. The Morgan fingerprint density at radius 1 is 1.14 bits per heavy atom. The molecule has 2 aliphatic rings. The second-order valence-corrected chi connectivity index (χ2v) is 8.79. The van der Waals surface area contributed by atoms with Crippen LogP contribution in [0.1, 0.15) is 52.0 Å². The third-order valence-corrected chi connectivity index (χ3v) is 6.27. The molecular formula is C27H35NO7. The van der Waals surface area contributed by atoms with E-state index in [0.29, 0.717) is 54.4 Å². The summed E-state index contributed by atoms with van der Waals surface area (Å²) in [6.07, 6.45) is 1.35. The average molecular weight is 486 g/mol. The van der Waals surface area contributed by atoms with Crippen molar-refractivity contribution in [3.63, 3.8) is 0 Å². The molecule has 1 N–H and O–H groups in total. The Labute approximate surface area is 206 Å². The number of Topliss-reactive ketones (excluding diaryl/α,β-unsaturated/α-hetero) is 1. The minimum Gasteiger partial charge on any atom is -0.494 e. The molecule has 0 radical (unpaired) electrons. The number of hydrogen-bond donors (Lipinski definition) is 1. The van der Waals surface area contributed by atoms with Crippen molar-refractivity contribution in [2.45, 2.75) is 46.5 Å². The van der Waals surface area contributed by atoms with Crippen LogP contribution in [0.2, 0.25) is 0 Å². The van der Waals surface area contributed by atoms with Gasteiger partial charge in [-0.25, -0.2) is 4.79 Å². The molecule has 0 bridgehead atoms. The Bertz CT molecular complexity index is 1030. The molecule has 8 heteroatoms. The Hall–Kier alpha value is -3.13. The Balaban J connectivity index is 2.04. The van der Waals surface area contributed by atoms with Gasteiger partial charge in [0, 0.05) is 29.5 Å². The van der Waals surface area contributed by atoms with Gasteiger partial charge in [-0.1, -0.05) is 26.0 Å². The number of hydrogen-bond acceptors (Lipinski definition) is 8. The van der Waals surface area contributed by atoms with Crippen molar-refractivity contribution in [1.82, 2.24) is 5.32 Å². The van der Waals surface area contributed by atoms with Gasteiger partial charge in [-0.05, 0) is 50.3 Å². The summed E-state index contributed by atoms with van der Waals surface area (Å²) in [6.45, 7) is 9.00. The number of rotatable bonds is 10. The van der Waals surface area contributed by atoms with E-state index in [9.17, 15) is 14.4 Å². The van der Waals surface area contributed by atoms with Gasteiger partial charge in [0.25, 0.3) is 0 Å². The highest BCUT2D eigenvalue weighted by Gasteiger charge is 2.47. The Morgan fingerprint density at radius 3 is 2.60 bits per heavy atom. The van der Waals surface area contributed by atoms with Crippen LogP contribution in [0, 0.1) is 11.8 Å². The lowest BCUT2D eigenvalue weighted by Crippen LogP contribution is -2.43. The summed E-state index contributed by atoms with van der Waals surface area (Å²) in [5.41, 5.74) is 2.78. The summed E-state index contributed by atoms with van der Waals surface area (Å²) in [5.74, 6) is -2.69. The van der Waals surface area contributed by atoms with Crippen molar-refractivity contribution in [3.8, 4) is 5.75 Å². The second-order valence-electron chi connectivity index (χ2n) is 8.79. The lowest BCUT2D eigenvalue weighted by molar-refractivity contribution is -0.151. The van der Waals surface area contributed by atoms with Crippen molar-refractivity contribution in [3.05, 3.63) is 52.4 Å². The van der Waals surface area contributed by atoms with Crippen molar-refractivity contribution < 1.29 is 33.3 Å². The van der Waals surface area contributed by atoms with Gasteiger partial charge >= 0.3 is 11.9 Å². The molecule has 0 amide bonds. The fourth-order valence-electron chi connectivity index (χ4n) is 4.75. The number of benzene rings is 1. The normalized spacial score (nSPS) is 21.9. The minimum absolute atomic E-state index is 0.100. The van der Waals surface area contributed by atoms with Crippen LogP contribution >= 0.6 is 0 Å². The summed E-state index contributed by atoms with van der Waals surface area (Å²) < 4.78 is 21.6. The van der Waals surface area contributed by atoms with Crippen LogP contribution < -0.4 is 10.1 Å². The number of dihydropyridines is 1. The molecule has 35 heavy (non-hydrogen) atoms. The molecular weight excluding hydrogens is 450 g/mol. The maximum absolute atomic E-state index is 13.7. The van der Waals surface area contributed by atoms with Gasteiger partial charge in [-0.2, -0.15) is 0 Å². The van der Waals surface area contributed by atoms with E-state index >= 15 is 0 Å². The number of methoxy groups -OCH3 is 1. The summed E-state index contributed by atoms with van der Waals surface area (Å²) in [6, 6.07) is 7.33. The van der Waals surface area contributed by atoms with Crippen LogP contribution in [0.5, 0.6) is 5.75 Å². The van der Waals surface area contributed by atoms with Gasteiger partial charge < -0.3 is 24.3 Å². The third kappa shape index (κ3) is 5.75. The zero-order valence-electron chi connectivity index (χ0n) is 21.1. The zero-order valence-corrected chi connectivity index (χ0v) is 21.1. The number of ketones is 1. The average Bonchev–Trinajstić information content (AvgIpc) is 2.83. The highest BCUT2D eigenvalue weighted by molar-refractivity contribution is 6.12. The highest BCUT2D eigenvalue weighted by Crippen LogP contribution is 2.45. The lowest BCUT2D eigenvalue weighted by atomic mass is 9.69. The SMILES string of the molecule is CCCOCCOC(=O)C1=C(C)NC2=C(C(=O)[C@@H](C(=O)OC)[C@H](C)C2)[C@H]1c1cccc(OCC)c1. The van der Waals surface area contributed by atoms with Gasteiger partial charge in [-0.3, -0.25) is 9.59 Å². The molecule has 0 saturated carbocycles. The quantitative estimate of drug-likeness (QED) is 0.304. The molecule has 1 aliphatic heterocycles. The third-order valence-electron chi connectivity index (χ3n) is 6.27. The van der Waals surface area contributed by atoms with Crippen molar-refractivity contribution in [1.29, 1.82) is 0 Å². The molecule has 1 aromatic carbocycles. The maximum atomic E-state index is 13.7. The Morgan fingerprint density at radius 2 is 1.91 bits per heavy atom. The summed E-state index contributed by atoms with van der Waals surface area (Å²) in [5, 5.41) is 3.26. The number of carbonyl (C=O) groups excluding carboxylic acids is 3. The van der Waals surface area contributed by atoms with E-state index in [1.165, 1.54) is 7.11 Å². The van der Waals surface area contributed by atoms with Gasteiger partial charge in [0.1, 0.15) is 18.3 Å². The minimum atomic E-state index is -0.934. The van der Waals surface area contributed by atoms with Crippen LogP contribution in [-0.2, 0) is 28.6 Å². The number of allylic oxidation sites excluding steroid dienone is 3. The molecule has 0 fully saturated rings. The molecule has 0 aromatic heterocycles. The van der Waals surface area contributed by atoms with E-state index in [2.05, 4.69) is 5.32 Å². The second kappa shape index (κ2) is 12.0. The molecule has 190 valence electrons. The van der Waals surface area contributed by atoms with Crippen molar-refractivity contribution in [2.24, 2.45) is 11.8 Å². The molecule has 0 spiro atoms.